The second kappa shape index (κ2) is 8.44. The molecule has 1 aromatic rings. The van der Waals surface area contributed by atoms with Crippen molar-refractivity contribution < 1.29 is 26.7 Å². The number of sulfone groups is 1. The molecule has 1 aliphatic rings. The zero-order chi connectivity index (χ0) is 19.4. The highest BCUT2D eigenvalue weighted by Crippen LogP contribution is 2.12. The Kier molecular flexibility index (Phi) is 6.74. The van der Waals surface area contributed by atoms with Gasteiger partial charge in [-0.15, -0.1) is 0 Å². The fraction of sp³-hybridized carbons (Fsp3) is 0.533. The molecule has 1 amide bonds. The van der Waals surface area contributed by atoms with Crippen molar-refractivity contribution in [2.24, 2.45) is 0 Å². The first-order chi connectivity index (χ1) is 12.1. The maximum atomic E-state index is 12.2. The van der Waals surface area contributed by atoms with Crippen LogP contribution in [0.3, 0.4) is 0 Å². The molecule has 1 aromatic carbocycles. The maximum absolute atomic E-state index is 12.2. The van der Waals surface area contributed by atoms with Gasteiger partial charge in [0, 0.05) is 32.6 Å². The number of carbonyl (C=O) groups is 1. The van der Waals surface area contributed by atoms with Crippen LogP contribution < -0.4 is 15.4 Å². The first-order valence-electron chi connectivity index (χ1n) is 8.04. The summed E-state index contributed by atoms with van der Waals surface area (Å²) in [4.78, 5) is 11.0. The number of carbonyl (C=O) groups excluding carboxylic acids is 1. The van der Waals surface area contributed by atoms with Gasteiger partial charge in [-0.05, 0) is 17.7 Å². The van der Waals surface area contributed by atoms with Crippen LogP contribution in [0.15, 0.2) is 29.2 Å². The molecule has 0 bridgehead atoms. The lowest BCUT2D eigenvalue weighted by Crippen LogP contribution is -2.42. The van der Waals surface area contributed by atoms with Gasteiger partial charge in [0.2, 0.25) is 15.9 Å². The normalized spacial score (nSPS) is 22.2. The molecule has 0 aromatic heterocycles. The lowest BCUT2D eigenvalue weighted by atomic mass is 10.2. The summed E-state index contributed by atoms with van der Waals surface area (Å²) in [6.07, 6.45) is -0.979. The van der Waals surface area contributed by atoms with Crippen molar-refractivity contribution in [3.8, 4) is 0 Å². The Morgan fingerprint density at radius 2 is 1.85 bits per heavy atom. The maximum Gasteiger partial charge on any atom is 0.240 e. The smallest absolute Gasteiger partial charge is 0.240 e. The Balaban J connectivity index is 1.82. The summed E-state index contributed by atoms with van der Waals surface area (Å²) in [6, 6.07) is 5.53. The number of aliphatic hydroxyl groups is 1. The van der Waals surface area contributed by atoms with Gasteiger partial charge in [-0.3, -0.25) is 4.79 Å². The average Bonchev–Trinajstić information content (AvgIpc) is 2.82. The topological polar surface area (TPSA) is 142 Å². The number of aliphatic hydroxyl groups excluding tert-OH is 1. The molecule has 0 aliphatic carbocycles. The van der Waals surface area contributed by atoms with Crippen molar-refractivity contribution in [1.82, 2.24) is 15.4 Å². The van der Waals surface area contributed by atoms with Crippen LogP contribution in [0.2, 0.25) is 0 Å². The molecule has 0 spiro atoms. The molecule has 4 N–H and O–H groups in total. The van der Waals surface area contributed by atoms with Gasteiger partial charge in [-0.2, -0.15) is 0 Å². The Labute approximate surface area is 153 Å². The van der Waals surface area contributed by atoms with Crippen LogP contribution >= 0.6 is 0 Å². The average molecular weight is 405 g/mol. The summed E-state index contributed by atoms with van der Waals surface area (Å²) in [5.74, 6) is -0.603. The van der Waals surface area contributed by atoms with Crippen LogP contribution in [0.1, 0.15) is 12.5 Å². The number of sulfonamides is 1. The summed E-state index contributed by atoms with van der Waals surface area (Å²) in [7, 11) is -6.94. The third-order valence-electron chi connectivity index (χ3n) is 3.92. The van der Waals surface area contributed by atoms with Gasteiger partial charge >= 0.3 is 0 Å². The van der Waals surface area contributed by atoms with Crippen LogP contribution in [0, 0.1) is 0 Å². The molecule has 1 fully saturated rings. The third-order valence-corrected chi connectivity index (χ3v) is 7.11. The van der Waals surface area contributed by atoms with E-state index in [2.05, 4.69) is 15.4 Å². The second-order valence-corrected chi connectivity index (χ2v) is 10.1. The zero-order valence-electron chi connectivity index (χ0n) is 14.3. The van der Waals surface area contributed by atoms with Crippen molar-refractivity contribution in [1.29, 1.82) is 0 Å². The first kappa shape index (κ1) is 20.8. The number of benzene rings is 1. The molecular formula is C15H23N3O6S2. The van der Waals surface area contributed by atoms with Gasteiger partial charge in [-0.25, -0.2) is 21.6 Å². The second-order valence-electron chi connectivity index (χ2n) is 6.16. The summed E-state index contributed by atoms with van der Waals surface area (Å²) in [5, 5.41) is 15.1. The number of hydrogen-bond acceptors (Lipinski definition) is 7. The molecule has 0 unspecified atom stereocenters. The zero-order valence-corrected chi connectivity index (χ0v) is 15.9. The molecule has 0 saturated carbocycles. The van der Waals surface area contributed by atoms with Gasteiger partial charge < -0.3 is 15.7 Å². The van der Waals surface area contributed by atoms with E-state index in [9.17, 15) is 26.7 Å². The van der Waals surface area contributed by atoms with Crippen LogP contribution in [0.5, 0.6) is 0 Å². The van der Waals surface area contributed by atoms with Gasteiger partial charge in [-0.1, -0.05) is 12.1 Å². The predicted molar refractivity (Wildman–Crippen MR) is 95.6 cm³/mol. The molecule has 0 radical (unpaired) electrons. The molecular weight excluding hydrogens is 382 g/mol. The highest BCUT2D eigenvalue weighted by atomic mass is 32.2. The quantitative estimate of drug-likeness (QED) is 0.380. The number of rotatable bonds is 8. The van der Waals surface area contributed by atoms with Gasteiger partial charge in [0.25, 0.3) is 0 Å². The fourth-order valence-electron chi connectivity index (χ4n) is 2.56. The van der Waals surface area contributed by atoms with Crippen LogP contribution in [0.25, 0.3) is 0 Å². The minimum absolute atomic E-state index is 0.0548. The summed E-state index contributed by atoms with van der Waals surface area (Å²) >= 11 is 0. The molecule has 9 nitrogen and oxygen atoms in total. The van der Waals surface area contributed by atoms with E-state index < -0.39 is 32.0 Å². The number of amides is 1. The highest BCUT2D eigenvalue weighted by Gasteiger charge is 2.35. The van der Waals surface area contributed by atoms with Crippen molar-refractivity contribution in [3.05, 3.63) is 29.8 Å². The molecule has 1 aliphatic heterocycles. The molecule has 146 valence electrons. The van der Waals surface area contributed by atoms with E-state index in [-0.39, 0.29) is 35.4 Å². The Bertz CT molecular complexity index is 837. The lowest BCUT2D eigenvalue weighted by molar-refractivity contribution is -0.119. The monoisotopic (exact) mass is 405 g/mol. The van der Waals surface area contributed by atoms with Crippen LogP contribution in [-0.4, -0.2) is 64.6 Å². The van der Waals surface area contributed by atoms with Gasteiger partial charge in [0.1, 0.15) is 0 Å². The fourth-order valence-corrected chi connectivity index (χ4v) is 5.37. The van der Waals surface area contributed by atoms with E-state index in [0.29, 0.717) is 6.54 Å². The van der Waals surface area contributed by atoms with E-state index in [1.165, 1.54) is 19.1 Å². The molecule has 1 heterocycles. The summed E-state index contributed by atoms with van der Waals surface area (Å²) in [6.45, 7) is 1.97. The predicted octanol–water partition coefficient (Wildman–Crippen LogP) is -1.65. The molecule has 2 atom stereocenters. The van der Waals surface area contributed by atoms with E-state index >= 15 is 0 Å². The van der Waals surface area contributed by atoms with E-state index in [0.717, 1.165) is 5.56 Å². The third kappa shape index (κ3) is 6.02. The molecule has 1 saturated heterocycles. The summed E-state index contributed by atoms with van der Waals surface area (Å²) < 4.78 is 49.7. The lowest BCUT2D eigenvalue weighted by Gasteiger charge is -2.15. The standard InChI is InChI=1S/C15H23N3O6S2/c1-11(19)17-8-12-2-4-13(5-3-12)26(23,24)18-7-6-16-14-9-25(21,22)10-15(14)20/h2-5,14-16,18,20H,6-10H2,1H3,(H,17,19)/t14-,15+/m0/s1. The molecule has 26 heavy (non-hydrogen) atoms. The Hall–Kier alpha value is -1.53. The number of nitrogens with one attached hydrogen (secondary N) is 3. The molecule has 2 rings (SSSR count). The largest absolute Gasteiger partial charge is 0.390 e. The summed E-state index contributed by atoms with van der Waals surface area (Å²) in [5.41, 5.74) is 0.775. The van der Waals surface area contributed by atoms with Crippen LogP contribution in [0.4, 0.5) is 0 Å². The minimum atomic E-state index is -3.70. The van der Waals surface area contributed by atoms with Gasteiger partial charge in [0.15, 0.2) is 9.84 Å². The van der Waals surface area contributed by atoms with Crippen molar-refractivity contribution in [2.45, 2.75) is 30.5 Å². The van der Waals surface area contributed by atoms with Crippen LogP contribution in [-0.2, 0) is 31.2 Å². The van der Waals surface area contributed by atoms with Crippen molar-refractivity contribution in [3.63, 3.8) is 0 Å². The van der Waals surface area contributed by atoms with E-state index in [1.54, 1.807) is 12.1 Å². The Morgan fingerprint density at radius 3 is 2.38 bits per heavy atom. The van der Waals surface area contributed by atoms with Crippen molar-refractivity contribution >= 4 is 25.8 Å². The highest BCUT2D eigenvalue weighted by molar-refractivity contribution is 7.91. The van der Waals surface area contributed by atoms with Gasteiger partial charge in [0.05, 0.1) is 22.5 Å². The number of hydrogen-bond donors (Lipinski definition) is 4. The SMILES string of the molecule is CC(=O)NCc1ccc(S(=O)(=O)NCCN[C@H]2CS(=O)(=O)C[C@H]2O)cc1. The minimum Gasteiger partial charge on any atom is -0.390 e. The molecule has 11 heteroatoms. The first-order valence-corrected chi connectivity index (χ1v) is 11.3. The van der Waals surface area contributed by atoms with E-state index in [1.807, 2.05) is 0 Å². The Morgan fingerprint density at radius 1 is 1.19 bits per heavy atom. The van der Waals surface area contributed by atoms with Crippen molar-refractivity contribution in [2.75, 3.05) is 24.6 Å². The van der Waals surface area contributed by atoms with E-state index in [4.69, 9.17) is 0 Å².